The Morgan fingerprint density at radius 2 is 1.71 bits per heavy atom. The molecule has 0 saturated carbocycles. The Morgan fingerprint density at radius 3 is 2.24 bits per heavy atom. The summed E-state index contributed by atoms with van der Waals surface area (Å²) in [5, 5.41) is 2.89. The van der Waals surface area contributed by atoms with E-state index in [1.54, 1.807) is 0 Å². The van der Waals surface area contributed by atoms with Gasteiger partial charge in [0.15, 0.2) is 0 Å². The van der Waals surface area contributed by atoms with Gasteiger partial charge in [0.1, 0.15) is 4.60 Å². The van der Waals surface area contributed by atoms with Crippen molar-refractivity contribution in [3.63, 3.8) is 0 Å². The van der Waals surface area contributed by atoms with Gasteiger partial charge in [0, 0.05) is 5.56 Å². The zero-order valence-corrected chi connectivity index (χ0v) is 14.3. The molecule has 0 bridgehead atoms. The molecule has 0 aliphatic heterocycles. The van der Waals surface area contributed by atoms with Crippen molar-refractivity contribution in [1.29, 1.82) is 0 Å². The number of halogens is 1. The highest BCUT2D eigenvalue weighted by molar-refractivity contribution is 9.10. The highest BCUT2D eigenvalue weighted by Crippen LogP contribution is 2.23. The molecule has 4 heteroatoms. The second kappa shape index (κ2) is 5.98. The van der Waals surface area contributed by atoms with E-state index in [0.717, 1.165) is 16.0 Å². The van der Waals surface area contributed by atoms with Crippen molar-refractivity contribution < 1.29 is 4.79 Å². The van der Waals surface area contributed by atoms with Gasteiger partial charge in [0.2, 0.25) is 0 Å². The lowest BCUT2D eigenvalue weighted by atomic mass is 9.87. The third-order valence-electron chi connectivity index (χ3n) is 3.31. The van der Waals surface area contributed by atoms with Gasteiger partial charge >= 0.3 is 0 Å². The lowest BCUT2D eigenvalue weighted by molar-refractivity contribution is 0.102. The molecule has 0 spiro atoms. The molecule has 3 nitrogen and oxygen atoms in total. The molecule has 1 heterocycles. The van der Waals surface area contributed by atoms with Gasteiger partial charge in [-0.2, -0.15) is 0 Å². The second-order valence-electron chi connectivity index (χ2n) is 6.05. The molecule has 21 heavy (non-hydrogen) atoms. The van der Waals surface area contributed by atoms with Gasteiger partial charge in [-0.15, -0.1) is 0 Å². The molecular weight excluding hydrogens is 328 g/mol. The number of carbonyl (C=O) groups is 1. The van der Waals surface area contributed by atoms with Crippen LogP contribution >= 0.6 is 15.9 Å². The van der Waals surface area contributed by atoms with Gasteiger partial charge in [-0.3, -0.25) is 4.79 Å². The molecule has 1 amide bonds. The summed E-state index contributed by atoms with van der Waals surface area (Å²) >= 11 is 3.31. The van der Waals surface area contributed by atoms with Crippen molar-refractivity contribution in [2.75, 3.05) is 5.32 Å². The van der Waals surface area contributed by atoms with Gasteiger partial charge in [-0.25, -0.2) is 4.98 Å². The average Bonchev–Trinajstić information content (AvgIpc) is 2.41. The zero-order chi connectivity index (χ0) is 15.6. The monoisotopic (exact) mass is 346 g/mol. The standard InChI is InChI=1S/C17H19BrN2O/c1-11-14(9-10-15(18)19-11)20-16(21)12-5-7-13(8-6-12)17(2,3)4/h5-10H,1-4H3,(H,20,21). The van der Waals surface area contributed by atoms with Crippen LogP contribution in [-0.4, -0.2) is 10.9 Å². The van der Waals surface area contributed by atoms with Gasteiger partial charge < -0.3 is 5.32 Å². The van der Waals surface area contributed by atoms with Crippen molar-refractivity contribution >= 4 is 27.5 Å². The molecule has 1 aromatic heterocycles. The molecule has 0 fully saturated rings. The minimum Gasteiger partial charge on any atom is -0.320 e. The molecular formula is C17H19BrN2O. The SMILES string of the molecule is Cc1nc(Br)ccc1NC(=O)c1ccc(C(C)(C)C)cc1. The first kappa shape index (κ1) is 15.7. The molecule has 0 unspecified atom stereocenters. The van der Waals surface area contributed by atoms with Crippen LogP contribution in [0.15, 0.2) is 41.0 Å². The van der Waals surface area contributed by atoms with E-state index in [-0.39, 0.29) is 11.3 Å². The fourth-order valence-corrected chi connectivity index (χ4v) is 2.38. The van der Waals surface area contributed by atoms with E-state index in [2.05, 4.69) is 47.0 Å². The average molecular weight is 347 g/mol. The van der Waals surface area contributed by atoms with Crippen LogP contribution < -0.4 is 5.32 Å². The number of aromatic nitrogens is 1. The zero-order valence-electron chi connectivity index (χ0n) is 12.7. The summed E-state index contributed by atoms with van der Waals surface area (Å²) in [4.78, 5) is 16.5. The second-order valence-corrected chi connectivity index (χ2v) is 6.86. The van der Waals surface area contributed by atoms with Crippen molar-refractivity contribution in [2.45, 2.75) is 33.1 Å². The molecule has 1 aromatic carbocycles. The number of pyridine rings is 1. The molecule has 110 valence electrons. The van der Waals surface area contributed by atoms with Crippen LogP contribution in [0.2, 0.25) is 0 Å². The number of amides is 1. The van der Waals surface area contributed by atoms with Crippen molar-refractivity contribution in [2.24, 2.45) is 0 Å². The molecule has 0 atom stereocenters. The van der Waals surface area contributed by atoms with E-state index in [1.807, 2.05) is 43.3 Å². The topological polar surface area (TPSA) is 42.0 Å². The number of benzene rings is 1. The highest BCUT2D eigenvalue weighted by atomic mass is 79.9. The molecule has 0 saturated heterocycles. The lowest BCUT2D eigenvalue weighted by Gasteiger charge is -2.19. The van der Waals surface area contributed by atoms with Crippen molar-refractivity contribution in [3.05, 3.63) is 57.8 Å². The Kier molecular flexibility index (Phi) is 4.47. The fraction of sp³-hybridized carbons (Fsp3) is 0.294. The van der Waals surface area contributed by atoms with Crippen molar-refractivity contribution in [1.82, 2.24) is 4.98 Å². The van der Waals surface area contributed by atoms with Crippen LogP contribution in [0.5, 0.6) is 0 Å². The molecule has 0 aliphatic rings. The maximum absolute atomic E-state index is 12.3. The fourth-order valence-electron chi connectivity index (χ4n) is 1.98. The molecule has 2 aromatic rings. The Balaban J connectivity index is 2.17. The molecule has 1 N–H and O–H groups in total. The van der Waals surface area contributed by atoms with Gasteiger partial charge in [0.05, 0.1) is 11.4 Å². The van der Waals surface area contributed by atoms with E-state index in [9.17, 15) is 4.79 Å². The third-order valence-corrected chi connectivity index (χ3v) is 3.75. The van der Waals surface area contributed by atoms with Gasteiger partial charge in [-0.1, -0.05) is 32.9 Å². The Labute approximate surface area is 133 Å². The van der Waals surface area contributed by atoms with Gasteiger partial charge in [-0.05, 0) is 58.1 Å². The minimum absolute atomic E-state index is 0.0845. The smallest absolute Gasteiger partial charge is 0.255 e. The minimum atomic E-state index is -0.123. The Bertz CT molecular complexity index is 657. The first-order chi connectivity index (χ1) is 9.77. The van der Waals surface area contributed by atoms with Crippen LogP contribution in [0.25, 0.3) is 0 Å². The summed E-state index contributed by atoms with van der Waals surface area (Å²) in [6, 6.07) is 11.4. The first-order valence-electron chi connectivity index (χ1n) is 6.82. The summed E-state index contributed by atoms with van der Waals surface area (Å²) in [5.74, 6) is -0.123. The number of nitrogens with zero attached hydrogens (tertiary/aromatic N) is 1. The number of anilines is 1. The highest BCUT2D eigenvalue weighted by Gasteiger charge is 2.14. The summed E-state index contributed by atoms with van der Waals surface area (Å²) in [5.41, 5.74) is 3.44. The normalized spacial score (nSPS) is 11.3. The largest absolute Gasteiger partial charge is 0.320 e. The van der Waals surface area contributed by atoms with Gasteiger partial charge in [0.25, 0.3) is 5.91 Å². The Morgan fingerprint density at radius 1 is 1.10 bits per heavy atom. The van der Waals surface area contributed by atoms with E-state index in [4.69, 9.17) is 0 Å². The predicted molar refractivity (Wildman–Crippen MR) is 89.8 cm³/mol. The van der Waals surface area contributed by atoms with Crippen LogP contribution in [0.4, 0.5) is 5.69 Å². The molecule has 0 aliphatic carbocycles. The van der Waals surface area contributed by atoms with E-state index in [0.29, 0.717) is 5.56 Å². The van der Waals surface area contributed by atoms with E-state index in [1.165, 1.54) is 5.56 Å². The number of nitrogens with one attached hydrogen (secondary N) is 1. The summed E-state index contributed by atoms with van der Waals surface area (Å²) in [7, 11) is 0. The Hall–Kier alpha value is -1.68. The number of aryl methyl sites for hydroxylation is 1. The van der Waals surface area contributed by atoms with Crippen LogP contribution in [0, 0.1) is 6.92 Å². The first-order valence-corrected chi connectivity index (χ1v) is 7.62. The number of hydrogen-bond acceptors (Lipinski definition) is 2. The van der Waals surface area contributed by atoms with E-state index >= 15 is 0 Å². The number of rotatable bonds is 2. The van der Waals surface area contributed by atoms with Crippen LogP contribution in [-0.2, 0) is 5.41 Å². The lowest BCUT2D eigenvalue weighted by Crippen LogP contribution is -2.15. The molecule has 2 rings (SSSR count). The van der Waals surface area contributed by atoms with Crippen molar-refractivity contribution in [3.8, 4) is 0 Å². The third kappa shape index (κ3) is 3.91. The van der Waals surface area contributed by atoms with Crippen LogP contribution in [0.1, 0.15) is 42.4 Å². The summed E-state index contributed by atoms with van der Waals surface area (Å²) in [6.07, 6.45) is 0. The molecule has 0 radical (unpaired) electrons. The number of hydrogen-bond donors (Lipinski definition) is 1. The summed E-state index contributed by atoms with van der Waals surface area (Å²) < 4.78 is 0.757. The maximum Gasteiger partial charge on any atom is 0.255 e. The summed E-state index contributed by atoms with van der Waals surface area (Å²) in [6.45, 7) is 8.32. The van der Waals surface area contributed by atoms with E-state index < -0.39 is 0 Å². The quantitative estimate of drug-likeness (QED) is 0.800. The van der Waals surface area contributed by atoms with Crippen LogP contribution in [0.3, 0.4) is 0 Å². The maximum atomic E-state index is 12.3. The number of carbonyl (C=O) groups excluding carboxylic acids is 1. The predicted octanol–water partition coefficient (Wildman–Crippen LogP) is 4.70.